The fourth-order valence-corrected chi connectivity index (χ4v) is 4.21. The van der Waals surface area contributed by atoms with Gasteiger partial charge in [0.15, 0.2) is 40.5 Å². The molecule has 0 aromatic carbocycles. The summed E-state index contributed by atoms with van der Waals surface area (Å²) in [5, 5.41) is 41.7. The molecule has 6 heterocycles. The normalized spacial score (nSPS) is 11.1. The Hall–Kier alpha value is -4.91. The van der Waals surface area contributed by atoms with Crippen molar-refractivity contribution in [3.8, 4) is 12.1 Å². The second-order valence-corrected chi connectivity index (χ2v) is 18.2. The van der Waals surface area contributed by atoms with Gasteiger partial charge >= 0.3 is 99.3 Å². The Morgan fingerprint density at radius 1 is 0.341 bits per heavy atom. The van der Waals surface area contributed by atoms with Crippen LogP contribution in [-0.2, 0) is 62.6 Å². The number of hydrogen-bond acceptors (Lipinski definition) is 22. The van der Waals surface area contributed by atoms with Gasteiger partial charge in [-0.05, 0) is 72.8 Å². The van der Waals surface area contributed by atoms with Crippen molar-refractivity contribution in [3.63, 3.8) is 0 Å². The Bertz CT molecular complexity index is 2770. The van der Waals surface area contributed by atoms with Crippen molar-refractivity contribution >= 4 is 40.5 Å². The Labute approximate surface area is 518 Å². The first-order chi connectivity index (χ1) is 35.5. The summed E-state index contributed by atoms with van der Waals surface area (Å²) in [5.41, 5.74) is -23.7. The summed E-state index contributed by atoms with van der Waals surface area (Å²) in [6.07, 6.45) is 9.63. The molecular formula is C40H36F12N8O16S4Tb2+2. The molecule has 6 aromatic heterocycles. The van der Waals surface area contributed by atoms with Crippen molar-refractivity contribution < 1.29 is 203 Å². The van der Waals surface area contributed by atoms with Gasteiger partial charge < -0.3 is 39.4 Å². The number of rotatable bonds is 6. The van der Waals surface area contributed by atoms with E-state index in [1.54, 1.807) is 159 Å². The van der Waals surface area contributed by atoms with Crippen LogP contribution in [0, 0.1) is 99.9 Å². The second-order valence-electron chi connectivity index (χ2n) is 12.7. The molecule has 0 aliphatic rings. The van der Waals surface area contributed by atoms with Crippen molar-refractivity contribution in [2.75, 3.05) is 0 Å². The number of alkyl halides is 12. The molecule has 0 radical (unpaired) electrons. The minimum Gasteiger partial charge on any atom is -0.836 e. The summed E-state index contributed by atoms with van der Waals surface area (Å²) < 4.78 is 236. The molecule has 0 saturated heterocycles. The first kappa shape index (κ1) is 88.3. The molecule has 0 fully saturated rings. The summed E-state index contributed by atoms with van der Waals surface area (Å²) in [6.45, 7) is 2.86. The maximum absolute atomic E-state index is 13.5. The van der Waals surface area contributed by atoms with Gasteiger partial charge in [-0.3, -0.25) is 29.9 Å². The van der Waals surface area contributed by atoms with Gasteiger partial charge in [0.2, 0.25) is 0 Å². The molecule has 0 bridgehead atoms. The van der Waals surface area contributed by atoms with Crippen molar-refractivity contribution in [2.24, 2.45) is 0 Å². The first-order valence-electron chi connectivity index (χ1n) is 19.1. The molecule has 456 valence electrons. The van der Waals surface area contributed by atoms with E-state index < -0.39 is 73.7 Å². The van der Waals surface area contributed by atoms with E-state index in [0.29, 0.717) is 34.2 Å². The molecule has 0 atom stereocenters. The van der Waals surface area contributed by atoms with Crippen molar-refractivity contribution in [2.45, 2.75) is 47.1 Å². The van der Waals surface area contributed by atoms with Crippen LogP contribution in [0.1, 0.15) is 48.0 Å². The van der Waals surface area contributed by atoms with Crippen LogP contribution in [0.15, 0.2) is 146 Å². The topological polar surface area (TPSA) is 466 Å². The number of nitriles is 2. The van der Waals surface area contributed by atoms with E-state index >= 15 is 0 Å². The SMILES string of the molecule is CC#N.CC#N.O=S(=O)([O-])C(F)(F)F.O=S(=O)([O-])C(F)(F)F.O=S(=O)([O-])C(F)(F)F.O=S(=O)([O-])C(F)(F)F.[O-]C(c1ccccn1)(c1ccccn1)c1ccccn1.[O-]C(c1ccccn1)(c1ccccn1)c1ccccn1.[OH3+].[OH3+].[Tb+3].[Tb+3]. The summed E-state index contributed by atoms with van der Waals surface area (Å²) in [7, 11) is -24.4. The van der Waals surface area contributed by atoms with Crippen LogP contribution in [0.4, 0.5) is 52.7 Å². The van der Waals surface area contributed by atoms with Gasteiger partial charge in [-0.25, -0.2) is 33.7 Å². The third-order valence-electron chi connectivity index (χ3n) is 7.29. The number of aromatic nitrogens is 6. The minimum absolute atomic E-state index is 0. The van der Waals surface area contributed by atoms with E-state index in [1.807, 2.05) is 0 Å². The van der Waals surface area contributed by atoms with Gasteiger partial charge in [0.1, 0.15) is 0 Å². The first-order valence-corrected chi connectivity index (χ1v) is 24.7. The quantitative estimate of drug-likeness (QED) is 0.1000. The predicted octanol–water partition coefficient (Wildman–Crippen LogP) is 2.47. The monoisotopic (exact) mass is 1560 g/mol. The van der Waals surface area contributed by atoms with Crippen LogP contribution in [0.2, 0.25) is 0 Å². The van der Waals surface area contributed by atoms with Crippen molar-refractivity contribution in [1.82, 2.24) is 29.9 Å². The van der Waals surface area contributed by atoms with Gasteiger partial charge in [-0.15, -0.1) is 0 Å². The Morgan fingerprint density at radius 3 is 0.500 bits per heavy atom. The van der Waals surface area contributed by atoms with Crippen LogP contribution in [0.3, 0.4) is 0 Å². The molecule has 0 unspecified atom stereocenters. The second kappa shape index (κ2) is 38.8. The van der Waals surface area contributed by atoms with Crippen molar-refractivity contribution in [3.05, 3.63) is 181 Å². The van der Waals surface area contributed by atoms with Gasteiger partial charge in [-0.2, -0.15) is 63.2 Å². The number of halogens is 12. The van der Waals surface area contributed by atoms with Crippen LogP contribution in [0.25, 0.3) is 0 Å². The van der Waals surface area contributed by atoms with E-state index in [-0.39, 0.29) is 88.2 Å². The minimum atomic E-state index is -6.09. The summed E-state index contributed by atoms with van der Waals surface area (Å²) in [4.78, 5) is 25.3. The molecule has 6 N–H and O–H groups in total. The molecule has 0 aliphatic carbocycles. The molecule has 0 spiro atoms. The van der Waals surface area contributed by atoms with Crippen LogP contribution < -0.4 is 10.2 Å². The zero-order valence-electron chi connectivity index (χ0n) is 40.1. The smallest absolute Gasteiger partial charge is 0.836 e. The summed E-state index contributed by atoms with van der Waals surface area (Å²) in [6, 6.07) is 35.2. The molecule has 0 amide bonds. The molecule has 0 aliphatic heterocycles. The van der Waals surface area contributed by atoms with Crippen LogP contribution in [-0.4, -0.2) is 104 Å². The maximum Gasteiger partial charge on any atom is 3.00 e. The molecule has 82 heavy (non-hydrogen) atoms. The molecule has 0 saturated carbocycles. The van der Waals surface area contributed by atoms with Crippen LogP contribution in [0.5, 0.6) is 0 Å². The number of pyridine rings is 6. The fourth-order valence-electron chi connectivity index (χ4n) is 4.21. The fraction of sp³-hybridized carbons (Fsp3) is 0.200. The molecule has 42 heteroatoms. The van der Waals surface area contributed by atoms with E-state index in [4.69, 9.17) is 62.4 Å². The van der Waals surface area contributed by atoms with Crippen LogP contribution >= 0.6 is 0 Å². The molecule has 6 aromatic rings. The summed E-state index contributed by atoms with van der Waals surface area (Å²) in [5.74, 6) is 0. The van der Waals surface area contributed by atoms with Gasteiger partial charge in [0, 0.05) is 96.4 Å². The maximum atomic E-state index is 13.5. The molecule has 24 nitrogen and oxygen atoms in total. The van der Waals surface area contributed by atoms with E-state index in [0.717, 1.165) is 0 Å². The number of hydrogen-bond donors (Lipinski definition) is 0. The van der Waals surface area contributed by atoms with E-state index in [2.05, 4.69) is 29.9 Å². The standard InChI is InChI=1S/2C16H12N3O.2C2H3N.4CHF3O3S.2H2O.2Tb/c2*20-16(13-7-1-4-10-17-13,14-8-2-5-11-18-14)15-9-3-6-12-19-15;2*1-2-3;4*2-1(3,4)8(5,6)7;;;;/h2*1-12H;2*1H3;4*(H,5,6,7);2*1H2;;/q2*-1;;;;;;;;;2*+3/p-2. The zero-order valence-corrected chi connectivity index (χ0v) is 47.7. The van der Waals surface area contributed by atoms with E-state index in [1.165, 1.54) is 13.8 Å². The third kappa shape index (κ3) is 31.1. The Kier molecular flexibility index (Phi) is 41.8. The largest absolute Gasteiger partial charge is 3.00 e. The average molecular weight is 1560 g/mol. The van der Waals surface area contributed by atoms with Crippen molar-refractivity contribution in [1.29, 1.82) is 10.5 Å². The average Bonchev–Trinajstić information content (AvgIpc) is 3.34. The molecular weight excluding hydrogens is 1520 g/mol. The molecule has 6 rings (SSSR count). The zero-order chi connectivity index (χ0) is 61.1. The van der Waals surface area contributed by atoms with Gasteiger partial charge in [0.05, 0.1) is 12.1 Å². The summed E-state index contributed by atoms with van der Waals surface area (Å²) >= 11 is 0. The van der Waals surface area contributed by atoms with Gasteiger partial charge in [0.25, 0.3) is 0 Å². The Morgan fingerprint density at radius 2 is 0.439 bits per heavy atom. The Balaban J connectivity index is -0.000000216. The van der Waals surface area contributed by atoms with E-state index in [9.17, 15) is 62.9 Å². The number of nitrogens with zero attached hydrogens (tertiary/aromatic N) is 8. The van der Waals surface area contributed by atoms with Gasteiger partial charge in [-0.1, -0.05) is 36.4 Å². The third-order valence-corrected chi connectivity index (χ3v) is 9.56. The predicted molar refractivity (Wildman–Crippen MR) is 241 cm³/mol.